The molecule has 0 aliphatic heterocycles. The minimum Gasteiger partial charge on any atom is -0.296 e. The van der Waals surface area contributed by atoms with Crippen molar-refractivity contribution in [1.29, 1.82) is 0 Å². The van der Waals surface area contributed by atoms with Crippen molar-refractivity contribution in [2.75, 3.05) is 7.05 Å². The van der Waals surface area contributed by atoms with Gasteiger partial charge in [0.15, 0.2) is 0 Å². The van der Waals surface area contributed by atoms with Gasteiger partial charge >= 0.3 is 0 Å². The number of nitrogens with zero attached hydrogens (tertiary/aromatic N) is 3. The summed E-state index contributed by atoms with van der Waals surface area (Å²) in [5.41, 5.74) is 0. The van der Waals surface area contributed by atoms with Crippen LogP contribution in [0.25, 0.3) is 10.2 Å². The molecule has 0 radical (unpaired) electrons. The Morgan fingerprint density at radius 1 is 1.47 bits per heavy atom. The molecule has 0 aromatic carbocycles. The van der Waals surface area contributed by atoms with E-state index in [1.54, 1.807) is 11.3 Å². The van der Waals surface area contributed by atoms with E-state index in [0.717, 1.165) is 29.0 Å². The molecular weight excluding hydrogens is 254 g/mol. The van der Waals surface area contributed by atoms with Gasteiger partial charge < -0.3 is 0 Å². The molecule has 0 bridgehead atoms. The van der Waals surface area contributed by atoms with Crippen molar-refractivity contribution in [2.45, 2.75) is 32.9 Å². The standard InChI is InChI=1S/C12H16ClN3S/c1-4-8(2)16(3)7-10-14-11(13)9-5-6-17-12(9)15-10/h5-6,8H,4,7H2,1-3H3. The van der Waals surface area contributed by atoms with E-state index in [-0.39, 0.29) is 0 Å². The molecule has 0 amide bonds. The predicted molar refractivity (Wildman–Crippen MR) is 73.6 cm³/mol. The Kier molecular flexibility index (Phi) is 3.97. The van der Waals surface area contributed by atoms with Crippen molar-refractivity contribution < 1.29 is 0 Å². The molecule has 2 aromatic rings. The maximum Gasteiger partial charge on any atom is 0.145 e. The number of hydrogen-bond donors (Lipinski definition) is 0. The van der Waals surface area contributed by atoms with Crippen molar-refractivity contribution in [3.05, 3.63) is 22.4 Å². The smallest absolute Gasteiger partial charge is 0.145 e. The lowest BCUT2D eigenvalue weighted by Crippen LogP contribution is -2.28. The topological polar surface area (TPSA) is 29.0 Å². The Bertz CT molecular complexity index is 511. The van der Waals surface area contributed by atoms with Gasteiger partial charge in [0, 0.05) is 11.4 Å². The van der Waals surface area contributed by atoms with Crippen molar-refractivity contribution in [1.82, 2.24) is 14.9 Å². The van der Waals surface area contributed by atoms with Gasteiger partial charge in [0.1, 0.15) is 15.8 Å². The van der Waals surface area contributed by atoms with Gasteiger partial charge in [-0.15, -0.1) is 11.3 Å². The molecule has 3 nitrogen and oxygen atoms in total. The Labute approximate surface area is 110 Å². The molecule has 1 unspecified atom stereocenters. The van der Waals surface area contributed by atoms with Gasteiger partial charge in [0.2, 0.25) is 0 Å². The van der Waals surface area contributed by atoms with Gasteiger partial charge in [-0.05, 0) is 31.8 Å². The summed E-state index contributed by atoms with van der Waals surface area (Å²) in [5, 5.41) is 3.50. The molecule has 1 atom stereocenters. The van der Waals surface area contributed by atoms with Gasteiger partial charge in [0.05, 0.1) is 6.54 Å². The molecule has 5 heteroatoms. The number of thiophene rings is 1. The third-order valence-electron chi connectivity index (χ3n) is 3.06. The minimum atomic E-state index is 0.524. The average Bonchev–Trinajstić information content (AvgIpc) is 2.76. The first-order chi connectivity index (χ1) is 8.11. The van der Waals surface area contributed by atoms with Crippen molar-refractivity contribution in [2.24, 2.45) is 0 Å². The fourth-order valence-corrected chi connectivity index (χ4v) is 2.71. The summed E-state index contributed by atoms with van der Waals surface area (Å²) in [6.07, 6.45) is 1.12. The molecule has 92 valence electrons. The van der Waals surface area contributed by atoms with Crippen LogP contribution in [0.1, 0.15) is 26.1 Å². The molecule has 2 aromatic heterocycles. The summed E-state index contributed by atoms with van der Waals surface area (Å²) in [5.74, 6) is 0.799. The van der Waals surface area contributed by atoms with Crippen LogP contribution in [0.15, 0.2) is 11.4 Å². The lowest BCUT2D eigenvalue weighted by molar-refractivity contribution is 0.238. The summed E-state index contributed by atoms with van der Waals surface area (Å²) in [7, 11) is 2.09. The molecule has 17 heavy (non-hydrogen) atoms. The van der Waals surface area contributed by atoms with Crippen LogP contribution in [0.2, 0.25) is 5.15 Å². The average molecular weight is 270 g/mol. The van der Waals surface area contributed by atoms with E-state index in [4.69, 9.17) is 11.6 Å². The Morgan fingerprint density at radius 2 is 2.24 bits per heavy atom. The number of halogens is 1. The molecule has 0 saturated heterocycles. The van der Waals surface area contributed by atoms with E-state index in [1.165, 1.54) is 0 Å². The summed E-state index contributed by atoms with van der Waals surface area (Å²) >= 11 is 7.74. The van der Waals surface area contributed by atoms with Gasteiger partial charge in [-0.25, -0.2) is 9.97 Å². The van der Waals surface area contributed by atoms with Gasteiger partial charge in [-0.2, -0.15) is 0 Å². The van der Waals surface area contributed by atoms with E-state index in [9.17, 15) is 0 Å². The Balaban J connectivity index is 2.24. The second kappa shape index (κ2) is 5.29. The second-order valence-corrected chi connectivity index (χ2v) is 5.50. The zero-order valence-electron chi connectivity index (χ0n) is 10.3. The molecule has 0 spiro atoms. The Morgan fingerprint density at radius 3 is 2.94 bits per heavy atom. The largest absolute Gasteiger partial charge is 0.296 e. The number of hydrogen-bond acceptors (Lipinski definition) is 4. The van der Waals surface area contributed by atoms with Gasteiger partial charge in [-0.3, -0.25) is 4.90 Å². The van der Waals surface area contributed by atoms with E-state index >= 15 is 0 Å². The van der Waals surface area contributed by atoms with Crippen molar-refractivity contribution in [3.63, 3.8) is 0 Å². The highest BCUT2D eigenvalue weighted by molar-refractivity contribution is 7.16. The fraction of sp³-hybridized carbons (Fsp3) is 0.500. The van der Waals surface area contributed by atoms with Crippen LogP contribution < -0.4 is 0 Å². The quantitative estimate of drug-likeness (QED) is 0.795. The molecule has 0 aliphatic rings. The van der Waals surface area contributed by atoms with E-state index < -0.39 is 0 Å². The van der Waals surface area contributed by atoms with E-state index in [1.807, 2.05) is 11.4 Å². The van der Waals surface area contributed by atoms with Crippen LogP contribution in [0.3, 0.4) is 0 Å². The lowest BCUT2D eigenvalue weighted by atomic mass is 10.2. The zero-order valence-corrected chi connectivity index (χ0v) is 11.8. The van der Waals surface area contributed by atoms with Crippen LogP contribution in [-0.2, 0) is 6.54 Å². The molecule has 0 fully saturated rings. The maximum atomic E-state index is 6.14. The van der Waals surface area contributed by atoms with Crippen LogP contribution in [0, 0.1) is 0 Å². The predicted octanol–water partition coefficient (Wildman–Crippen LogP) is 3.58. The first kappa shape index (κ1) is 12.7. The van der Waals surface area contributed by atoms with Gasteiger partial charge in [0.25, 0.3) is 0 Å². The molecule has 2 heterocycles. The van der Waals surface area contributed by atoms with Crippen molar-refractivity contribution in [3.8, 4) is 0 Å². The van der Waals surface area contributed by atoms with Crippen LogP contribution >= 0.6 is 22.9 Å². The number of aromatic nitrogens is 2. The third-order valence-corrected chi connectivity index (χ3v) is 4.15. The second-order valence-electron chi connectivity index (χ2n) is 4.24. The van der Waals surface area contributed by atoms with Crippen LogP contribution in [0.5, 0.6) is 0 Å². The molecule has 2 rings (SSSR count). The van der Waals surface area contributed by atoms with Gasteiger partial charge in [-0.1, -0.05) is 18.5 Å². The highest BCUT2D eigenvalue weighted by Gasteiger charge is 2.12. The SMILES string of the molecule is CCC(C)N(C)Cc1nc(Cl)c2ccsc2n1. The molecule has 0 saturated carbocycles. The first-order valence-corrected chi connectivity index (χ1v) is 6.97. The maximum absolute atomic E-state index is 6.14. The zero-order chi connectivity index (χ0) is 12.4. The summed E-state index contributed by atoms with van der Waals surface area (Å²) in [6.45, 7) is 5.12. The van der Waals surface area contributed by atoms with E-state index in [0.29, 0.717) is 11.2 Å². The van der Waals surface area contributed by atoms with Crippen molar-refractivity contribution >= 4 is 33.2 Å². The number of rotatable bonds is 4. The summed E-state index contributed by atoms with van der Waals surface area (Å²) in [4.78, 5) is 12.1. The number of fused-ring (bicyclic) bond motifs is 1. The molecular formula is C12H16ClN3S. The fourth-order valence-electron chi connectivity index (χ4n) is 1.62. The Hall–Kier alpha value is -0.710. The third kappa shape index (κ3) is 2.76. The summed E-state index contributed by atoms with van der Waals surface area (Å²) < 4.78 is 0. The van der Waals surface area contributed by atoms with Crippen LogP contribution in [-0.4, -0.2) is 28.0 Å². The minimum absolute atomic E-state index is 0.524. The normalized spacial score (nSPS) is 13.5. The molecule has 0 aliphatic carbocycles. The summed E-state index contributed by atoms with van der Waals surface area (Å²) in [6, 6.07) is 2.49. The highest BCUT2D eigenvalue weighted by Crippen LogP contribution is 2.25. The highest BCUT2D eigenvalue weighted by atomic mass is 35.5. The first-order valence-electron chi connectivity index (χ1n) is 5.71. The van der Waals surface area contributed by atoms with E-state index in [2.05, 4.69) is 35.8 Å². The van der Waals surface area contributed by atoms with Crippen LogP contribution in [0.4, 0.5) is 0 Å². The molecule has 0 N–H and O–H groups in total. The lowest BCUT2D eigenvalue weighted by Gasteiger charge is -2.22. The monoisotopic (exact) mass is 269 g/mol.